The maximum Gasteiger partial charge on any atom is 0.247 e. The van der Waals surface area contributed by atoms with Gasteiger partial charge in [0.1, 0.15) is 11.9 Å². The molecule has 0 bridgehead atoms. The van der Waals surface area contributed by atoms with Gasteiger partial charge in [0.05, 0.1) is 5.69 Å². The van der Waals surface area contributed by atoms with Gasteiger partial charge in [0.2, 0.25) is 11.9 Å². The fourth-order valence-corrected chi connectivity index (χ4v) is 3.98. The molecule has 0 aliphatic rings. The van der Waals surface area contributed by atoms with Gasteiger partial charge in [-0.15, -0.1) is 10.2 Å². The van der Waals surface area contributed by atoms with Gasteiger partial charge < -0.3 is 11.1 Å². The molecule has 0 saturated heterocycles. The number of hydrogen-bond acceptors (Lipinski definition) is 5. The van der Waals surface area contributed by atoms with Crippen molar-refractivity contribution in [2.24, 2.45) is 0 Å². The van der Waals surface area contributed by atoms with Gasteiger partial charge in [-0.2, -0.15) is 0 Å². The number of nitrogens with zero attached hydrogens (tertiary/aromatic N) is 3. The minimum Gasteiger partial charge on any atom is -0.368 e. The van der Waals surface area contributed by atoms with Crippen molar-refractivity contribution in [1.82, 2.24) is 14.8 Å². The topological polar surface area (TPSA) is 85.8 Å². The van der Waals surface area contributed by atoms with Gasteiger partial charge in [0.25, 0.3) is 0 Å². The molecule has 1 unspecified atom stereocenters. The normalized spacial score (nSPS) is 12.0. The van der Waals surface area contributed by atoms with Gasteiger partial charge in [-0.05, 0) is 30.2 Å². The average molecular weight is 420 g/mol. The van der Waals surface area contributed by atoms with Crippen LogP contribution in [0.25, 0.3) is 0 Å². The van der Waals surface area contributed by atoms with Crippen molar-refractivity contribution in [3.05, 3.63) is 64.9 Å². The predicted octanol–water partition coefficient (Wildman–Crippen LogP) is 4.53. The highest BCUT2D eigenvalue weighted by molar-refractivity contribution is 7.98. The molecule has 1 heterocycles. The van der Waals surface area contributed by atoms with Crippen LogP contribution in [0.15, 0.2) is 53.7 Å². The van der Waals surface area contributed by atoms with Crippen molar-refractivity contribution < 1.29 is 9.18 Å². The lowest BCUT2D eigenvalue weighted by Gasteiger charge is -2.19. The molecular formula is C19H19ClFN5OS. The summed E-state index contributed by atoms with van der Waals surface area (Å²) >= 11 is 7.58. The summed E-state index contributed by atoms with van der Waals surface area (Å²) in [5, 5.41) is 11.8. The molecule has 3 aromatic rings. The number of nitrogen functional groups attached to an aromatic ring is 1. The molecule has 28 heavy (non-hydrogen) atoms. The van der Waals surface area contributed by atoms with Crippen LogP contribution in [0.4, 0.5) is 16.0 Å². The van der Waals surface area contributed by atoms with E-state index in [9.17, 15) is 9.18 Å². The highest BCUT2D eigenvalue weighted by Gasteiger charge is 2.25. The fraction of sp³-hybridized carbons (Fsp3) is 0.211. The minimum absolute atomic E-state index is 0.114. The molecular weight excluding hydrogens is 401 g/mol. The maximum atomic E-state index is 13.9. The van der Waals surface area contributed by atoms with E-state index in [1.165, 1.54) is 23.9 Å². The van der Waals surface area contributed by atoms with E-state index in [1.807, 2.05) is 31.2 Å². The predicted molar refractivity (Wildman–Crippen MR) is 110 cm³/mol. The standard InChI is InChI=1S/C19H19ClFN5OS/c1-2-16(17(27)23-15-10-6-5-9-14(15)21)26-18(22)24-25-19(26)28-11-12-7-3-4-8-13(12)20/h3-10,16H,2,11H2,1H3,(H2,22,24)(H,23,27). The Kier molecular flexibility index (Phi) is 6.53. The summed E-state index contributed by atoms with van der Waals surface area (Å²) in [5.41, 5.74) is 7.02. The zero-order valence-electron chi connectivity index (χ0n) is 15.1. The first kappa shape index (κ1) is 20.2. The zero-order valence-corrected chi connectivity index (χ0v) is 16.7. The molecule has 0 fully saturated rings. The number of aromatic nitrogens is 3. The second-order valence-electron chi connectivity index (χ2n) is 5.98. The molecule has 0 radical (unpaired) electrons. The summed E-state index contributed by atoms with van der Waals surface area (Å²) in [6.45, 7) is 1.84. The van der Waals surface area contributed by atoms with E-state index in [4.69, 9.17) is 17.3 Å². The number of carbonyl (C=O) groups excluding carboxylic acids is 1. The van der Waals surface area contributed by atoms with Crippen LogP contribution in [0, 0.1) is 5.82 Å². The van der Waals surface area contributed by atoms with Crippen molar-refractivity contribution in [2.45, 2.75) is 30.3 Å². The van der Waals surface area contributed by atoms with Crippen LogP contribution in [0.3, 0.4) is 0 Å². The Balaban J connectivity index is 1.81. The molecule has 0 saturated carbocycles. The summed E-state index contributed by atoms with van der Waals surface area (Å²) < 4.78 is 15.4. The van der Waals surface area contributed by atoms with Gasteiger partial charge >= 0.3 is 0 Å². The Morgan fingerprint density at radius 3 is 2.68 bits per heavy atom. The number of anilines is 2. The zero-order chi connectivity index (χ0) is 20.1. The lowest BCUT2D eigenvalue weighted by Crippen LogP contribution is -2.27. The molecule has 1 amide bonds. The van der Waals surface area contributed by atoms with Crippen molar-refractivity contribution >= 4 is 40.9 Å². The molecule has 0 spiro atoms. The third kappa shape index (κ3) is 4.45. The highest BCUT2D eigenvalue weighted by Crippen LogP contribution is 2.30. The van der Waals surface area contributed by atoms with Crippen molar-refractivity contribution in [3.63, 3.8) is 0 Å². The summed E-state index contributed by atoms with van der Waals surface area (Å²) in [6.07, 6.45) is 0.433. The van der Waals surface area contributed by atoms with Gasteiger partial charge in [-0.3, -0.25) is 9.36 Å². The number of halogens is 2. The molecule has 9 heteroatoms. The first-order chi connectivity index (χ1) is 13.5. The molecule has 0 aliphatic carbocycles. The van der Waals surface area contributed by atoms with E-state index >= 15 is 0 Å². The number of para-hydroxylation sites is 1. The van der Waals surface area contributed by atoms with E-state index in [2.05, 4.69) is 15.5 Å². The van der Waals surface area contributed by atoms with Crippen LogP contribution in [-0.4, -0.2) is 20.7 Å². The molecule has 0 aliphatic heterocycles. The van der Waals surface area contributed by atoms with Crippen LogP contribution < -0.4 is 11.1 Å². The Morgan fingerprint density at radius 1 is 1.25 bits per heavy atom. The third-order valence-corrected chi connectivity index (χ3v) is 5.50. The van der Waals surface area contributed by atoms with Gasteiger partial charge in [0.15, 0.2) is 5.16 Å². The van der Waals surface area contributed by atoms with Gasteiger partial charge in [-0.1, -0.05) is 60.6 Å². The molecule has 1 atom stereocenters. The monoisotopic (exact) mass is 419 g/mol. The van der Waals surface area contributed by atoms with Crippen LogP contribution in [0.2, 0.25) is 5.02 Å². The van der Waals surface area contributed by atoms with Crippen LogP contribution in [0.5, 0.6) is 0 Å². The average Bonchev–Trinajstić information content (AvgIpc) is 3.04. The number of amides is 1. The van der Waals surface area contributed by atoms with E-state index in [0.29, 0.717) is 22.4 Å². The number of carbonyl (C=O) groups is 1. The lowest BCUT2D eigenvalue weighted by atomic mass is 10.2. The number of rotatable bonds is 7. The Labute approximate surface area is 171 Å². The first-order valence-corrected chi connectivity index (χ1v) is 9.99. The van der Waals surface area contributed by atoms with E-state index < -0.39 is 17.8 Å². The van der Waals surface area contributed by atoms with Crippen LogP contribution >= 0.6 is 23.4 Å². The number of benzene rings is 2. The number of hydrogen-bond donors (Lipinski definition) is 2. The van der Waals surface area contributed by atoms with Crippen LogP contribution in [0.1, 0.15) is 24.9 Å². The largest absolute Gasteiger partial charge is 0.368 e. The number of nitrogens with one attached hydrogen (secondary N) is 1. The van der Waals surface area contributed by atoms with Crippen molar-refractivity contribution in [2.75, 3.05) is 11.1 Å². The Bertz CT molecular complexity index is 980. The van der Waals surface area contributed by atoms with Crippen molar-refractivity contribution in [1.29, 1.82) is 0 Å². The summed E-state index contributed by atoms with van der Waals surface area (Å²) in [5.74, 6) is -0.227. The summed E-state index contributed by atoms with van der Waals surface area (Å²) in [4.78, 5) is 12.8. The molecule has 3 rings (SSSR count). The molecule has 146 valence electrons. The smallest absolute Gasteiger partial charge is 0.247 e. The molecule has 2 aromatic carbocycles. The quantitative estimate of drug-likeness (QED) is 0.549. The molecule has 1 aromatic heterocycles. The van der Waals surface area contributed by atoms with Gasteiger partial charge in [0, 0.05) is 10.8 Å². The minimum atomic E-state index is -0.677. The Morgan fingerprint density at radius 2 is 1.96 bits per heavy atom. The second-order valence-corrected chi connectivity index (χ2v) is 7.33. The van der Waals surface area contributed by atoms with Crippen molar-refractivity contribution in [3.8, 4) is 0 Å². The molecule has 6 nitrogen and oxygen atoms in total. The third-order valence-electron chi connectivity index (χ3n) is 4.14. The number of thioether (sulfide) groups is 1. The second kappa shape index (κ2) is 9.07. The Hall–Kier alpha value is -2.58. The van der Waals surface area contributed by atoms with Gasteiger partial charge in [-0.25, -0.2) is 4.39 Å². The van der Waals surface area contributed by atoms with E-state index in [1.54, 1.807) is 16.7 Å². The SMILES string of the molecule is CCC(C(=O)Nc1ccccc1F)n1c(N)nnc1SCc1ccccc1Cl. The van der Waals surface area contributed by atoms with E-state index in [0.717, 1.165) is 5.56 Å². The summed E-state index contributed by atoms with van der Waals surface area (Å²) in [6, 6.07) is 12.8. The first-order valence-electron chi connectivity index (χ1n) is 8.63. The fourth-order valence-electron chi connectivity index (χ4n) is 2.70. The van der Waals surface area contributed by atoms with E-state index in [-0.39, 0.29) is 11.6 Å². The highest BCUT2D eigenvalue weighted by atomic mass is 35.5. The maximum absolute atomic E-state index is 13.9. The number of nitrogens with two attached hydrogens (primary N) is 1. The lowest BCUT2D eigenvalue weighted by molar-refractivity contribution is -0.119. The van der Waals surface area contributed by atoms with Crippen LogP contribution in [-0.2, 0) is 10.5 Å². The molecule has 3 N–H and O–H groups in total. The summed E-state index contributed by atoms with van der Waals surface area (Å²) in [7, 11) is 0.